The lowest BCUT2D eigenvalue weighted by Gasteiger charge is -2.05. The van der Waals surface area contributed by atoms with Crippen molar-refractivity contribution in [3.63, 3.8) is 0 Å². The van der Waals surface area contributed by atoms with Crippen LogP contribution in [0.15, 0.2) is 42.6 Å². The molecule has 0 aliphatic rings. The van der Waals surface area contributed by atoms with E-state index in [0.717, 1.165) is 22.2 Å². The summed E-state index contributed by atoms with van der Waals surface area (Å²) in [5, 5.41) is 9.36. The van der Waals surface area contributed by atoms with Gasteiger partial charge in [-0.15, -0.1) is 0 Å². The molecule has 0 atom stereocenters. The van der Waals surface area contributed by atoms with Crippen LogP contribution in [0.25, 0.3) is 0 Å². The lowest BCUT2D eigenvalue weighted by molar-refractivity contribution is 0.462. The highest BCUT2D eigenvalue weighted by Crippen LogP contribution is 2.20. The van der Waals surface area contributed by atoms with Crippen molar-refractivity contribution in [3.8, 4) is 17.7 Å². The Labute approximate surface area is 114 Å². The molecule has 3 nitrogen and oxygen atoms in total. The third kappa shape index (κ3) is 3.31. The Kier molecular flexibility index (Phi) is 4.32. The molecule has 0 saturated heterocycles. The second kappa shape index (κ2) is 6.18. The second-order valence-electron chi connectivity index (χ2n) is 3.72. The Morgan fingerprint density at radius 3 is 2.39 bits per heavy atom. The van der Waals surface area contributed by atoms with Crippen LogP contribution in [0.1, 0.15) is 11.1 Å². The summed E-state index contributed by atoms with van der Waals surface area (Å²) in [5.74, 6) is 1.28. The van der Waals surface area contributed by atoms with Crippen molar-refractivity contribution in [2.45, 2.75) is 11.8 Å². The lowest BCUT2D eigenvalue weighted by atomic mass is 10.2. The number of nitrogens with zero attached hydrogens (tertiary/aromatic N) is 2. The van der Waals surface area contributed by atoms with Gasteiger partial charge >= 0.3 is 0 Å². The molecular formula is C14H11BrN2O. The predicted octanol–water partition coefficient (Wildman–Crippen LogP) is 3.83. The summed E-state index contributed by atoms with van der Waals surface area (Å²) in [7, 11) is 0. The summed E-state index contributed by atoms with van der Waals surface area (Å²) < 4.78 is 5.60. The summed E-state index contributed by atoms with van der Waals surface area (Å²) in [5.41, 5.74) is 2.08. The van der Waals surface area contributed by atoms with E-state index in [1.807, 2.05) is 36.4 Å². The molecule has 0 spiro atoms. The van der Waals surface area contributed by atoms with E-state index < -0.39 is 0 Å². The minimum absolute atomic E-state index is 0.415. The van der Waals surface area contributed by atoms with E-state index in [1.165, 1.54) is 0 Å². The maximum Gasteiger partial charge on any atom is 0.219 e. The van der Waals surface area contributed by atoms with Crippen molar-refractivity contribution < 1.29 is 4.74 Å². The molecule has 4 heteroatoms. The van der Waals surface area contributed by atoms with Crippen LogP contribution < -0.4 is 4.74 Å². The summed E-state index contributed by atoms with van der Waals surface area (Å²) in [6, 6.07) is 13.3. The van der Waals surface area contributed by atoms with E-state index in [0.29, 0.717) is 12.3 Å². The molecule has 1 heterocycles. The molecule has 0 fully saturated rings. The zero-order valence-electron chi connectivity index (χ0n) is 9.64. The van der Waals surface area contributed by atoms with E-state index in [-0.39, 0.29) is 0 Å². The van der Waals surface area contributed by atoms with Gasteiger partial charge < -0.3 is 4.74 Å². The van der Waals surface area contributed by atoms with Gasteiger partial charge in [0.1, 0.15) is 5.75 Å². The second-order valence-corrected chi connectivity index (χ2v) is 4.28. The molecule has 0 radical (unpaired) electrons. The zero-order chi connectivity index (χ0) is 12.8. The number of aromatic nitrogens is 1. The third-order valence-electron chi connectivity index (χ3n) is 2.38. The average molecular weight is 303 g/mol. The fourth-order valence-corrected chi connectivity index (χ4v) is 1.77. The number of nitriles is 1. The number of benzene rings is 1. The first-order valence-electron chi connectivity index (χ1n) is 5.46. The van der Waals surface area contributed by atoms with E-state index in [9.17, 15) is 0 Å². The molecular weight excluding hydrogens is 292 g/mol. The molecule has 0 aliphatic carbocycles. The number of pyridine rings is 1. The van der Waals surface area contributed by atoms with Gasteiger partial charge in [-0.2, -0.15) is 5.26 Å². The van der Waals surface area contributed by atoms with Crippen molar-refractivity contribution in [2.24, 2.45) is 0 Å². The zero-order valence-corrected chi connectivity index (χ0v) is 11.2. The summed E-state index contributed by atoms with van der Waals surface area (Å²) in [4.78, 5) is 4.20. The van der Waals surface area contributed by atoms with Gasteiger partial charge in [-0.3, -0.25) is 0 Å². The van der Waals surface area contributed by atoms with Crippen LogP contribution in [0.5, 0.6) is 11.6 Å². The molecule has 18 heavy (non-hydrogen) atoms. The number of hydrogen-bond donors (Lipinski definition) is 0. The van der Waals surface area contributed by atoms with Crippen molar-refractivity contribution in [2.75, 3.05) is 0 Å². The Morgan fingerprint density at radius 1 is 1.11 bits per heavy atom. The Morgan fingerprint density at radius 2 is 1.83 bits per heavy atom. The lowest BCUT2D eigenvalue weighted by Crippen LogP contribution is -1.89. The van der Waals surface area contributed by atoms with Crippen LogP contribution in [0, 0.1) is 11.3 Å². The first-order valence-corrected chi connectivity index (χ1v) is 6.58. The number of hydrogen-bond acceptors (Lipinski definition) is 3. The van der Waals surface area contributed by atoms with Crippen molar-refractivity contribution in [3.05, 3.63) is 53.7 Å². The number of ether oxygens (including phenoxy) is 1. The number of halogens is 1. The summed E-state index contributed by atoms with van der Waals surface area (Å²) in [6.45, 7) is 0. The average Bonchev–Trinajstić information content (AvgIpc) is 2.42. The molecule has 0 aliphatic heterocycles. The van der Waals surface area contributed by atoms with Crippen LogP contribution in [-0.2, 0) is 11.8 Å². The van der Waals surface area contributed by atoms with Gasteiger partial charge in [0.15, 0.2) is 0 Å². The predicted molar refractivity (Wildman–Crippen MR) is 72.7 cm³/mol. The molecule has 0 saturated carbocycles. The molecule has 90 valence electrons. The normalized spacial score (nSPS) is 9.78. The fraction of sp³-hybridized carbons (Fsp3) is 0.143. The minimum Gasteiger partial charge on any atom is -0.439 e. The van der Waals surface area contributed by atoms with Gasteiger partial charge in [-0.05, 0) is 23.3 Å². The molecule has 2 aromatic rings. The van der Waals surface area contributed by atoms with E-state index >= 15 is 0 Å². The highest BCUT2D eigenvalue weighted by molar-refractivity contribution is 9.08. The van der Waals surface area contributed by atoms with Crippen molar-refractivity contribution in [1.29, 1.82) is 5.26 Å². The summed E-state index contributed by atoms with van der Waals surface area (Å²) >= 11 is 3.36. The largest absolute Gasteiger partial charge is 0.439 e. The van der Waals surface area contributed by atoms with Crippen LogP contribution >= 0.6 is 15.9 Å². The Balaban J connectivity index is 2.06. The molecule has 0 amide bonds. The fourth-order valence-electron chi connectivity index (χ4n) is 1.44. The highest BCUT2D eigenvalue weighted by Gasteiger charge is 1.99. The van der Waals surface area contributed by atoms with Gasteiger partial charge in [0.25, 0.3) is 0 Å². The van der Waals surface area contributed by atoms with Gasteiger partial charge in [0.05, 0.1) is 12.5 Å². The maximum absolute atomic E-state index is 8.58. The standard InChI is InChI=1S/C14H11BrN2O/c15-9-12-3-6-14(17-10-12)18-13-4-1-11(2-5-13)7-8-16/h1-6,10H,7,9H2. The summed E-state index contributed by atoms with van der Waals surface area (Å²) in [6.07, 6.45) is 2.19. The SMILES string of the molecule is N#CCc1ccc(Oc2ccc(CBr)cn2)cc1. The Hall–Kier alpha value is -1.86. The molecule has 2 rings (SSSR count). The van der Waals surface area contributed by atoms with Crippen LogP contribution in [0.3, 0.4) is 0 Å². The van der Waals surface area contributed by atoms with Crippen LogP contribution in [-0.4, -0.2) is 4.98 Å². The van der Waals surface area contributed by atoms with Gasteiger partial charge in [0, 0.05) is 17.6 Å². The topological polar surface area (TPSA) is 45.9 Å². The quantitative estimate of drug-likeness (QED) is 0.806. The first-order chi connectivity index (χ1) is 8.81. The van der Waals surface area contributed by atoms with E-state index in [1.54, 1.807) is 6.20 Å². The van der Waals surface area contributed by atoms with Gasteiger partial charge in [-0.1, -0.05) is 34.1 Å². The van der Waals surface area contributed by atoms with Gasteiger partial charge in [0.2, 0.25) is 5.88 Å². The maximum atomic E-state index is 8.58. The van der Waals surface area contributed by atoms with E-state index in [2.05, 4.69) is 27.0 Å². The van der Waals surface area contributed by atoms with Crippen LogP contribution in [0.4, 0.5) is 0 Å². The Bertz CT molecular complexity index is 544. The highest BCUT2D eigenvalue weighted by atomic mass is 79.9. The molecule has 0 N–H and O–H groups in total. The molecule has 1 aromatic carbocycles. The molecule has 0 unspecified atom stereocenters. The molecule has 1 aromatic heterocycles. The van der Waals surface area contributed by atoms with Gasteiger partial charge in [-0.25, -0.2) is 4.98 Å². The van der Waals surface area contributed by atoms with Crippen molar-refractivity contribution in [1.82, 2.24) is 4.98 Å². The smallest absolute Gasteiger partial charge is 0.219 e. The van der Waals surface area contributed by atoms with Crippen LogP contribution in [0.2, 0.25) is 0 Å². The van der Waals surface area contributed by atoms with Crippen molar-refractivity contribution >= 4 is 15.9 Å². The first kappa shape index (κ1) is 12.6. The monoisotopic (exact) mass is 302 g/mol. The molecule has 0 bridgehead atoms. The number of rotatable bonds is 4. The number of alkyl halides is 1. The minimum atomic E-state index is 0.415. The van der Waals surface area contributed by atoms with E-state index in [4.69, 9.17) is 10.00 Å². The third-order valence-corrected chi connectivity index (χ3v) is 3.03.